The SMILES string of the molecule is COc1ccc([N+](=O)[O-])cc1CN1CC2(CCN(S(=O)(=O)Cc3ccccc3S(C)(=O)=O)CC2)OC1=O. The Kier molecular flexibility index (Phi) is 7.18. The van der Waals surface area contributed by atoms with Gasteiger partial charge in [-0.25, -0.2) is 25.9 Å². The van der Waals surface area contributed by atoms with Gasteiger partial charge in [0.2, 0.25) is 10.0 Å². The monoisotopic (exact) mass is 553 g/mol. The maximum Gasteiger partial charge on any atom is 0.410 e. The number of sulfonamides is 1. The number of hydrogen-bond acceptors (Lipinski definition) is 9. The van der Waals surface area contributed by atoms with Crippen molar-refractivity contribution in [3.63, 3.8) is 0 Å². The van der Waals surface area contributed by atoms with Crippen molar-refractivity contribution in [1.29, 1.82) is 0 Å². The predicted molar refractivity (Wildman–Crippen MR) is 132 cm³/mol. The van der Waals surface area contributed by atoms with Gasteiger partial charge in [-0.05, 0) is 17.7 Å². The number of amides is 1. The largest absolute Gasteiger partial charge is 0.496 e. The van der Waals surface area contributed by atoms with Crippen molar-refractivity contribution >= 4 is 31.6 Å². The number of rotatable bonds is 8. The number of benzene rings is 2. The molecule has 2 aliphatic heterocycles. The summed E-state index contributed by atoms with van der Waals surface area (Å²) in [5, 5.41) is 11.2. The summed E-state index contributed by atoms with van der Waals surface area (Å²) >= 11 is 0. The highest BCUT2D eigenvalue weighted by molar-refractivity contribution is 7.91. The fourth-order valence-electron chi connectivity index (χ4n) is 4.73. The van der Waals surface area contributed by atoms with Gasteiger partial charge in [0.05, 0.1) is 35.8 Å². The van der Waals surface area contributed by atoms with Gasteiger partial charge in [-0.1, -0.05) is 18.2 Å². The molecular weight excluding hydrogens is 526 g/mol. The van der Waals surface area contributed by atoms with E-state index in [1.165, 1.54) is 46.6 Å². The molecule has 0 N–H and O–H groups in total. The third-order valence-corrected chi connectivity index (χ3v) is 9.64. The molecule has 2 fully saturated rings. The molecule has 4 rings (SSSR count). The Hall–Kier alpha value is -3.23. The molecule has 0 atom stereocenters. The van der Waals surface area contributed by atoms with Crippen LogP contribution in [-0.2, 0) is 36.9 Å². The van der Waals surface area contributed by atoms with E-state index in [2.05, 4.69) is 0 Å². The van der Waals surface area contributed by atoms with Crippen molar-refractivity contribution in [2.75, 3.05) is 33.0 Å². The topological polar surface area (TPSA) is 153 Å². The summed E-state index contributed by atoms with van der Waals surface area (Å²) in [5.74, 6) is -0.0588. The zero-order valence-corrected chi connectivity index (χ0v) is 22.0. The highest BCUT2D eigenvalue weighted by Crippen LogP contribution is 2.36. The van der Waals surface area contributed by atoms with Crippen molar-refractivity contribution in [2.24, 2.45) is 0 Å². The number of non-ortho nitro benzene ring substituents is 1. The number of carbonyl (C=O) groups is 1. The number of nitro groups is 1. The molecule has 0 aliphatic carbocycles. The predicted octanol–water partition coefficient (Wildman–Crippen LogP) is 2.32. The highest BCUT2D eigenvalue weighted by Gasteiger charge is 2.48. The van der Waals surface area contributed by atoms with E-state index in [4.69, 9.17) is 9.47 Å². The zero-order valence-electron chi connectivity index (χ0n) is 20.3. The molecule has 1 spiro atoms. The summed E-state index contributed by atoms with van der Waals surface area (Å²) in [4.78, 5) is 24.7. The molecule has 200 valence electrons. The third kappa shape index (κ3) is 5.70. The summed E-state index contributed by atoms with van der Waals surface area (Å²) < 4.78 is 62.6. The molecule has 2 saturated heterocycles. The van der Waals surface area contributed by atoms with E-state index in [9.17, 15) is 31.7 Å². The van der Waals surface area contributed by atoms with Crippen molar-refractivity contribution in [2.45, 2.75) is 35.6 Å². The van der Waals surface area contributed by atoms with Crippen LogP contribution in [0.25, 0.3) is 0 Å². The molecule has 2 aliphatic rings. The van der Waals surface area contributed by atoms with Crippen LogP contribution in [0.1, 0.15) is 24.0 Å². The van der Waals surface area contributed by atoms with Crippen molar-refractivity contribution < 1.29 is 36.0 Å². The smallest absolute Gasteiger partial charge is 0.410 e. The third-order valence-electron chi connectivity index (χ3n) is 6.61. The van der Waals surface area contributed by atoms with Gasteiger partial charge >= 0.3 is 6.09 Å². The van der Waals surface area contributed by atoms with Crippen LogP contribution in [0.2, 0.25) is 0 Å². The average molecular weight is 554 g/mol. The molecule has 0 aromatic heterocycles. The van der Waals surface area contributed by atoms with Crippen molar-refractivity contribution in [1.82, 2.24) is 9.21 Å². The van der Waals surface area contributed by atoms with Crippen molar-refractivity contribution in [3.05, 3.63) is 63.7 Å². The molecule has 2 aromatic carbocycles. The van der Waals surface area contributed by atoms with Gasteiger partial charge in [-0.15, -0.1) is 0 Å². The lowest BCUT2D eigenvalue weighted by molar-refractivity contribution is -0.384. The van der Waals surface area contributed by atoms with Crippen molar-refractivity contribution in [3.8, 4) is 5.75 Å². The van der Waals surface area contributed by atoms with Crippen LogP contribution in [0.5, 0.6) is 5.75 Å². The number of sulfone groups is 1. The Labute approximate surface area is 214 Å². The van der Waals surface area contributed by atoms with E-state index in [0.717, 1.165) is 6.26 Å². The molecule has 2 aromatic rings. The quantitative estimate of drug-likeness (QED) is 0.354. The van der Waals surface area contributed by atoms with E-state index < -0.39 is 42.2 Å². The first-order chi connectivity index (χ1) is 17.3. The molecule has 0 unspecified atom stereocenters. The summed E-state index contributed by atoms with van der Waals surface area (Å²) in [6, 6.07) is 10.1. The fraction of sp³-hybridized carbons (Fsp3) is 0.435. The van der Waals surface area contributed by atoms with Gasteiger partial charge in [0.15, 0.2) is 9.84 Å². The first kappa shape index (κ1) is 26.8. The van der Waals surface area contributed by atoms with Gasteiger partial charge in [0.25, 0.3) is 5.69 Å². The van der Waals surface area contributed by atoms with E-state index in [-0.39, 0.29) is 55.2 Å². The molecule has 2 heterocycles. The number of carbonyl (C=O) groups excluding carboxylic acids is 1. The molecule has 0 saturated carbocycles. The number of nitro benzene ring substituents is 1. The van der Waals surface area contributed by atoms with Crippen LogP contribution >= 0.6 is 0 Å². The van der Waals surface area contributed by atoms with Gasteiger partial charge < -0.3 is 9.47 Å². The Morgan fingerprint density at radius 3 is 2.38 bits per heavy atom. The standard InChI is InChI=1S/C23H27N3O9S2/c1-34-20-8-7-19(26(28)29)13-18(20)14-24-16-23(35-22(24)27)9-11-25(12-10-23)37(32,33)15-17-5-3-4-6-21(17)36(2,30)31/h3-8,13H,9-12,14-16H2,1-2H3. The number of methoxy groups -OCH3 is 1. The zero-order chi connectivity index (χ0) is 27.0. The molecule has 0 bridgehead atoms. The van der Waals surface area contributed by atoms with Crippen LogP contribution in [0.3, 0.4) is 0 Å². The Morgan fingerprint density at radius 1 is 1.08 bits per heavy atom. The van der Waals surface area contributed by atoms with Gasteiger partial charge in [0, 0.05) is 49.9 Å². The highest BCUT2D eigenvalue weighted by atomic mass is 32.2. The number of nitrogens with zero attached hydrogens (tertiary/aromatic N) is 3. The maximum absolute atomic E-state index is 13.1. The lowest BCUT2D eigenvalue weighted by atomic mass is 9.92. The maximum atomic E-state index is 13.1. The molecule has 37 heavy (non-hydrogen) atoms. The minimum atomic E-state index is -3.83. The van der Waals surface area contributed by atoms with E-state index in [1.54, 1.807) is 12.1 Å². The summed E-state index contributed by atoms with van der Waals surface area (Å²) in [7, 11) is -6.00. The molecule has 14 heteroatoms. The fourth-order valence-corrected chi connectivity index (χ4v) is 7.33. The minimum absolute atomic E-state index is 0.0241. The summed E-state index contributed by atoms with van der Waals surface area (Å²) in [6.07, 6.45) is 0.960. The average Bonchev–Trinajstić information content (AvgIpc) is 3.12. The first-order valence-corrected chi connectivity index (χ1v) is 14.9. The van der Waals surface area contributed by atoms with Crippen LogP contribution in [-0.4, -0.2) is 75.7 Å². The molecule has 0 radical (unpaired) electrons. The van der Waals surface area contributed by atoms with Gasteiger partial charge in [0.1, 0.15) is 11.4 Å². The van der Waals surface area contributed by atoms with E-state index in [0.29, 0.717) is 11.3 Å². The van der Waals surface area contributed by atoms with Crippen LogP contribution in [0.4, 0.5) is 10.5 Å². The van der Waals surface area contributed by atoms with Crippen LogP contribution in [0.15, 0.2) is 47.4 Å². The summed E-state index contributed by atoms with van der Waals surface area (Å²) in [6.45, 7) is 0.438. The van der Waals surface area contributed by atoms with E-state index >= 15 is 0 Å². The number of hydrogen-bond donors (Lipinski definition) is 0. The molecule has 1 amide bonds. The second-order valence-corrected chi connectivity index (χ2v) is 13.1. The van der Waals surface area contributed by atoms with Gasteiger partial charge in [-0.2, -0.15) is 0 Å². The minimum Gasteiger partial charge on any atom is -0.496 e. The first-order valence-electron chi connectivity index (χ1n) is 11.4. The number of ether oxygens (including phenoxy) is 2. The lowest BCUT2D eigenvalue weighted by Gasteiger charge is -2.36. The summed E-state index contributed by atoms with van der Waals surface area (Å²) in [5.41, 5.74) is -0.360. The second kappa shape index (κ2) is 9.91. The molecular formula is C23H27N3O9S2. The van der Waals surface area contributed by atoms with Gasteiger partial charge in [-0.3, -0.25) is 15.0 Å². The van der Waals surface area contributed by atoms with E-state index in [1.807, 2.05) is 0 Å². The number of piperidine rings is 1. The lowest BCUT2D eigenvalue weighted by Crippen LogP contribution is -2.48. The Morgan fingerprint density at radius 2 is 1.76 bits per heavy atom. The Balaban J connectivity index is 1.44. The molecule has 12 nitrogen and oxygen atoms in total. The van der Waals surface area contributed by atoms with Crippen LogP contribution in [0, 0.1) is 10.1 Å². The second-order valence-electron chi connectivity index (χ2n) is 9.20. The normalized spacial score (nSPS) is 18.1. The Bertz CT molecular complexity index is 1430. The van der Waals surface area contributed by atoms with Crippen LogP contribution < -0.4 is 4.74 Å².